The Bertz CT molecular complexity index is 625. The summed E-state index contributed by atoms with van der Waals surface area (Å²) in [5, 5.41) is 3.11. The predicted octanol–water partition coefficient (Wildman–Crippen LogP) is 4.71. The van der Waals surface area contributed by atoms with Gasteiger partial charge in [-0.25, -0.2) is 4.39 Å². The van der Waals surface area contributed by atoms with Crippen molar-refractivity contribution >= 4 is 23.2 Å². The van der Waals surface area contributed by atoms with Crippen LogP contribution >= 0.6 is 11.6 Å². The molecule has 1 spiro atoms. The Morgan fingerprint density at radius 1 is 1.24 bits per heavy atom. The minimum absolute atomic E-state index is 0.00306. The van der Waals surface area contributed by atoms with Gasteiger partial charge in [0.15, 0.2) is 0 Å². The molecule has 0 atom stereocenters. The number of benzene rings is 1. The normalized spacial score (nSPS) is 23.4. The molecule has 0 aromatic heterocycles. The van der Waals surface area contributed by atoms with E-state index in [9.17, 15) is 9.18 Å². The van der Waals surface area contributed by atoms with Crippen LogP contribution in [0.15, 0.2) is 18.2 Å². The summed E-state index contributed by atoms with van der Waals surface area (Å²) in [5.74, 6) is 0.579. The number of carbonyl (C=O) groups is 1. The van der Waals surface area contributed by atoms with Crippen LogP contribution in [-0.4, -0.2) is 30.4 Å². The highest BCUT2D eigenvalue weighted by atomic mass is 35.5. The molecule has 3 fully saturated rings. The highest BCUT2D eigenvalue weighted by molar-refractivity contribution is 6.30. The zero-order chi connectivity index (χ0) is 17.4. The summed E-state index contributed by atoms with van der Waals surface area (Å²) < 4.78 is 13.3. The van der Waals surface area contributed by atoms with Gasteiger partial charge in [0.05, 0.1) is 0 Å². The average molecular weight is 365 g/mol. The average Bonchev–Trinajstić information content (AvgIpc) is 2.95. The molecule has 25 heavy (non-hydrogen) atoms. The van der Waals surface area contributed by atoms with Gasteiger partial charge >= 0.3 is 0 Å². The van der Waals surface area contributed by atoms with Gasteiger partial charge in [0.1, 0.15) is 5.82 Å². The Labute approximate surface area is 153 Å². The molecular formula is C20H26ClFN2O. The molecule has 1 aromatic carbocycles. The van der Waals surface area contributed by atoms with E-state index in [-0.39, 0.29) is 11.8 Å². The summed E-state index contributed by atoms with van der Waals surface area (Å²) in [5.41, 5.74) is 0.819. The second kappa shape index (κ2) is 6.88. The van der Waals surface area contributed by atoms with Crippen LogP contribution in [-0.2, 0) is 4.79 Å². The second-order valence-corrected chi connectivity index (χ2v) is 8.84. The standard InChI is InChI=1S/C20H26ClFN2O/c21-16-7-17(22)9-18(8-16)23-19(25)15-10-20(11-15)12-24(13-20)6-5-14-3-1-2-4-14/h7-9,14-15H,1-6,10-13H2,(H,23,25). The van der Waals surface area contributed by atoms with E-state index in [4.69, 9.17) is 11.6 Å². The Morgan fingerprint density at radius 2 is 1.96 bits per heavy atom. The molecule has 0 radical (unpaired) electrons. The maximum Gasteiger partial charge on any atom is 0.227 e. The summed E-state index contributed by atoms with van der Waals surface area (Å²) in [4.78, 5) is 14.9. The van der Waals surface area contributed by atoms with Crippen molar-refractivity contribution < 1.29 is 9.18 Å². The number of nitrogens with zero attached hydrogens (tertiary/aromatic N) is 1. The number of nitrogens with one attached hydrogen (secondary N) is 1. The third-order valence-electron chi connectivity index (χ3n) is 6.31. The fraction of sp³-hybridized carbons (Fsp3) is 0.650. The molecule has 4 rings (SSSR count). The third-order valence-corrected chi connectivity index (χ3v) is 6.52. The molecule has 1 aromatic rings. The number of amides is 1. The first kappa shape index (κ1) is 17.3. The van der Waals surface area contributed by atoms with Gasteiger partial charge in [-0.15, -0.1) is 0 Å². The van der Waals surface area contributed by atoms with Crippen LogP contribution in [0.3, 0.4) is 0 Å². The second-order valence-electron chi connectivity index (χ2n) is 8.40. The van der Waals surface area contributed by atoms with E-state index in [1.807, 2.05) is 0 Å². The van der Waals surface area contributed by atoms with E-state index in [1.165, 1.54) is 50.8 Å². The van der Waals surface area contributed by atoms with Crippen LogP contribution in [0.4, 0.5) is 10.1 Å². The highest BCUT2D eigenvalue weighted by Gasteiger charge is 2.53. The number of hydrogen-bond acceptors (Lipinski definition) is 2. The van der Waals surface area contributed by atoms with E-state index in [0.29, 0.717) is 16.1 Å². The Balaban J connectivity index is 1.19. The van der Waals surface area contributed by atoms with E-state index in [2.05, 4.69) is 10.2 Å². The zero-order valence-electron chi connectivity index (χ0n) is 14.6. The number of halogens is 2. The number of rotatable bonds is 5. The van der Waals surface area contributed by atoms with Gasteiger partial charge in [-0.2, -0.15) is 0 Å². The van der Waals surface area contributed by atoms with Crippen molar-refractivity contribution in [3.63, 3.8) is 0 Å². The zero-order valence-corrected chi connectivity index (χ0v) is 15.3. The molecule has 5 heteroatoms. The number of anilines is 1. The fourth-order valence-electron chi connectivity index (χ4n) is 5.02. The van der Waals surface area contributed by atoms with E-state index in [0.717, 1.165) is 31.8 Å². The van der Waals surface area contributed by atoms with Crippen molar-refractivity contribution in [1.29, 1.82) is 0 Å². The molecule has 1 amide bonds. The molecule has 1 aliphatic heterocycles. The van der Waals surface area contributed by atoms with Crippen molar-refractivity contribution in [1.82, 2.24) is 4.90 Å². The van der Waals surface area contributed by atoms with Crippen molar-refractivity contribution in [2.75, 3.05) is 25.0 Å². The van der Waals surface area contributed by atoms with E-state index < -0.39 is 5.82 Å². The Morgan fingerprint density at radius 3 is 2.64 bits per heavy atom. The van der Waals surface area contributed by atoms with Crippen LogP contribution < -0.4 is 5.32 Å². The predicted molar refractivity (Wildman–Crippen MR) is 98.2 cm³/mol. The lowest BCUT2D eigenvalue weighted by molar-refractivity contribution is -0.139. The molecule has 3 aliphatic rings. The molecule has 0 bridgehead atoms. The molecule has 0 unspecified atom stereocenters. The lowest BCUT2D eigenvalue weighted by Gasteiger charge is -2.59. The van der Waals surface area contributed by atoms with E-state index in [1.54, 1.807) is 6.07 Å². The summed E-state index contributed by atoms with van der Waals surface area (Å²) in [7, 11) is 0. The quantitative estimate of drug-likeness (QED) is 0.820. The van der Waals surface area contributed by atoms with Gasteiger partial charge in [-0.1, -0.05) is 37.3 Å². The number of likely N-dealkylation sites (tertiary alicyclic amines) is 1. The van der Waals surface area contributed by atoms with Crippen molar-refractivity contribution in [3.05, 3.63) is 29.0 Å². The van der Waals surface area contributed by atoms with Crippen LogP contribution in [0.1, 0.15) is 44.9 Å². The Kier molecular flexibility index (Phi) is 4.76. The van der Waals surface area contributed by atoms with Crippen LogP contribution in [0.25, 0.3) is 0 Å². The lowest BCUT2D eigenvalue weighted by atomic mass is 9.57. The van der Waals surface area contributed by atoms with Crippen molar-refractivity contribution in [3.8, 4) is 0 Å². The van der Waals surface area contributed by atoms with Gasteiger partial charge < -0.3 is 10.2 Å². The van der Waals surface area contributed by atoms with Crippen molar-refractivity contribution in [2.45, 2.75) is 44.9 Å². The lowest BCUT2D eigenvalue weighted by Crippen LogP contribution is -2.63. The highest BCUT2D eigenvalue weighted by Crippen LogP contribution is 2.52. The van der Waals surface area contributed by atoms with Gasteiger partial charge in [0, 0.05) is 29.7 Å². The molecule has 3 nitrogen and oxygen atoms in total. The molecule has 1 saturated heterocycles. The first-order valence-corrected chi connectivity index (χ1v) is 9.88. The van der Waals surface area contributed by atoms with Gasteiger partial charge in [-0.3, -0.25) is 4.79 Å². The molecular weight excluding hydrogens is 339 g/mol. The van der Waals surface area contributed by atoms with E-state index >= 15 is 0 Å². The number of carbonyl (C=O) groups excluding carboxylic acids is 1. The Hall–Kier alpha value is -1.13. The smallest absolute Gasteiger partial charge is 0.227 e. The first-order chi connectivity index (χ1) is 12.0. The van der Waals surface area contributed by atoms with Crippen LogP contribution in [0.2, 0.25) is 5.02 Å². The minimum Gasteiger partial charge on any atom is -0.326 e. The summed E-state index contributed by atoms with van der Waals surface area (Å²) >= 11 is 5.83. The van der Waals surface area contributed by atoms with Gasteiger partial charge in [0.25, 0.3) is 0 Å². The van der Waals surface area contributed by atoms with Crippen molar-refractivity contribution in [2.24, 2.45) is 17.3 Å². The summed E-state index contributed by atoms with van der Waals surface area (Å²) in [6, 6.07) is 4.14. The van der Waals surface area contributed by atoms with Gasteiger partial charge in [0.2, 0.25) is 5.91 Å². The SMILES string of the molecule is O=C(Nc1cc(F)cc(Cl)c1)C1CC2(C1)CN(CCC1CCCC1)C2. The summed E-state index contributed by atoms with van der Waals surface area (Å²) in [6.45, 7) is 3.52. The fourth-order valence-corrected chi connectivity index (χ4v) is 5.25. The molecule has 136 valence electrons. The van der Waals surface area contributed by atoms with Gasteiger partial charge in [-0.05, 0) is 55.3 Å². The molecule has 1 heterocycles. The molecule has 2 aliphatic carbocycles. The third kappa shape index (κ3) is 3.85. The largest absolute Gasteiger partial charge is 0.326 e. The maximum atomic E-state index is 13.3. The monoisotopic (exact) mass is 364 g/mol. The topological polar surface area (TPSA) is 32.3 Å². The molecule has 2 saturated carbocycles. The minimum atomic E-state index is -0.426. The van der Waals surface area contributed by atoms with Crippen LogP contribution in [0, 0.1) is 23.1 Å². The maximum absolute atomic E-state index is 13.3. The number of hydrogen-bond donors (Lipinski definition) is 1. The molecule has 1 N–H and O–H groups in total. The van der Waals surface area contributed by atoms with Crippen LogP contribution in [0.5, 0.6) is 0 Å². The summed E-state index contributed by atoms with van der Waals surface area (Å²) in [6.07, 6.45) is 8.95. The first-order valence-electron chi connectivity index (χ1n) is 9.51.